The van der Waals surface area contributed by atoms with Crippen LogP contribution in [0.4, 0.5) is 8.78 Å². The van der Waals surface area contributed by atoms with E-state index in [4.69, 9.17) is 0 Å². The molecule has 1 fully saturated rings. The van der Waals surface area contributed by atoms with Gasteiger partial charge >= 0.3 is 5.76 Å². The van der Waals surface area contributed by atoms with E-state index in [-0.39, 0.29) is 24.0 Å². The number of aromatic nitrogens is 3. The Bertz CT molecular complexity index is 953. The predicted octanol–water partition coefficient (Wildman–Crippen LogP) is 1.30. The third-order valence-corrected chi connectivity index (χ3v) is 7.57. The van der Waals surface area contributed by atoms with Gasteiger partial charge < -0.3 is 0 Å². The first-order valence-electron chi connectivity index (χ1n) is 7.69. The molecule has 142 valence electrons. The van der Waals surface area contributed by atoms with Crippen molar-refractivity contribution < 1.29 is 25.6 Å². The van der Waals surface area contributed by atoms with Gasteiger partial charge in [-0.3, -0.25) is 0 Å². The summed E-state index contributed by atoms with van der Waals surface area (Å²) in [6.45, 7) is 0.536. The summed E-state index contributed by atoms with van der Waals surface area (Å²) in [5.74, 6) is -3.55. The number of hydrogen-bond donors (Lipinski definition) is 0. The summed E-state index contributed by atoms with van der Waals surface area (Å²) in [7, 11) is -8.58. The van der Waals surface area contributed by atoms with Gasteiger partial charge in [-0.25, -0.2) is 26.5 Å². The van der Waals surface area contributed by atoms with Gasteiger partial charge in [0.05, 0.1) is 15.8 Å². The van der Waals surface area contributed by atoms with E-state index in [1.165, 1.54) is 10.6 Å². The Morgan fingerprint density at radius 1 is 1.00 bits per heavy atom. The van der Waals surface area contributed by atoms with Crippen LogP contribution in [0.5, 0.6) is 0 Å². The van der Waals surface area contributed by atoms with Crippen molar-refractivity contribution in [2.45, 2.75) is 34.4 Å². The zero-order valence-corrected chi connectivity index (χ0v) is 15.1. The molecular formula is C14H16F2N4O4S2. The van der Waals surface area contributed by atoms with Gasteiger partial charge in [0.25, 0.3) is 0 Å². The lowest BCUT2D eigenvalue weighted by molar-refractivity contribution is 0.234. The van der Waals surface area contributed by atoms with Crippen LogP contribution in [0.1, 0.15) is 18.9 Å². The van der Waals surface area contributed by atoms with Gasteiger partial charge in [-0.2, -0.15) is 18.2 Å². The molecule has 0 radical (unpaired) electrons. The SMILES string of the molecule is O=S(=O)(c1ccc(S(=O)(=O)N2CCC(n3cncn3)CC2)cc1)C(F)F. The first-order valence-corrected chi connectivity index (χ1v) is 10.7. The highest BCUT2D eigenvalue weighted by atomic mass is 32.2. The minimum absolute atomic E-state index is 0.0579. The lowest BCUT2D eigenvalue weighted by Crippen LogP contribution is -2.39. The van der Waals surface area contributed by atoms with E-state index < -0.39 is 30.5 Å². The lowest BCUT2D eigenvalue weighted by Gasteiger charge is -2.31. The van der Waals surface area contributed by atoms with Crippen LogP contribution in [-0.2, 0) is 19.9 Å². The minimum atomic E-state index is -4.75. The largest absolute Gasteiger partial charge is 0.341 e. The van der Waals surface area contributed by atoms with Crippen LogP contribution in [0.3, 0.4) is 0 Å². The Balaban J connectivity index is 1.75. The second-order valence-electron chi connectivity index (χ2n) is 5.79. The van der Waals surface area contributed by atoms with Gasteiger partial charge in [-0.05, 0) is 37.1 Å². The number of halogens is 2. The Morgan fingerprint density at radius 3 is 2.08 bits per heavy atom. The van der Waals surface area contributed by atoms with E-state index in [2.05, 4.69) is 10.1 Å². The summed E-state index contributed by atoms with van der Waals surface area (Å²) < 4.78 is 76.3. The second kappa shape index (κ2) is 7.00. The Kier molecular flexibility index (Phi) is 5.08. The van der Waals surface area contributed by atoms with Crippen molar-refractivity contribution in [1.29, 1.82) is 0 Å². The molecule has 1 aliphatic heterocycles. The third kappa shape index (κ3) is 3.48. The van der Waals surface area contributed by atoms with Gasteiger partial charge in [-0.1, -0.05) is 0 Å². The molecule has 1 aliphatic rings. The number of hydrogen-bond acceptors (Lipinski definition) is 6. The molecule has 0 atom stereocenters. The normalized spacial score (nSPS) is 17.7. The molecule has 2 heterocycles. The summed E-state index contributed by atoms with van der Waals surface area (Å²) >= 11 is 0. The lowest BCUT2D eigenvalue weighted by atomic mass is 10.1. The summed E-state index contributed by atoms with van der Waals surface area (Å²) in [4.78, 5) is 3.12. The molecule has 1 aromatic heterocycles. The van der Waals surface area contributed by atoms with E-state index in [9.17, 15) is 25.6 Å². The van der Waals surface area contributed by atoms with E-state index in [0.717, 1.165) is 24.3 Å². The molecule has 0 N–H and O–H groups in total. The number of sulfone groups is 1. The molecule has 26 heavy (non-hydrogen) atoms. The molecule has 0 aliphatic carbocycles. The maximum absolute atomic E-state index is 12.7. The highest BCUT2D eigenvalue weighted by Crippen LogP contribution is 2.27. The molecular weight excluding hydrogens is 390 g/mol. The van der Waals surface area contributed by atoms with Crippen molar-refractivity contribution in [2.75, 3.05) is 13.1 Å². The maximum atomic E-state index is 12.7. The van der Waals surface area contributed by atoms with Crippen LogP contribution >= 0.6 is 0 Å². The van der Waals surface area contributed by atoms with Crippen molar-refractivity contribution in [3.05, 3.63) is 36.9 Å². The molecule has 8 nitrogen and oxygen atoms in total. The molecule has 0 saturated carbocycles. The van der Waals surface area contributed by atoms with Crippen LogP contribution in [0.15, 0.2) is 46.7 Å². The smallest absolute Gasteiger partial charge is 0.250 e. The van der Waals surface area contributed by atoms with Crippen LogP contribution < -0.4 is 0 Å². The molecule has 3 rings (SSSR count). The quantitative estimate of drug-likeness (QED) is 0.742. The van der Waals surface area contributed by atoms with E-state index >= 15 is 0 Å². The monoisotopic (exact) mass is 406 g/mol. The van der Waals surface area contributed by atoms with Gasteiger partial charge in [-0.15, -0.1) is 0 Å². The zero-order chi connectivity index (χ0) is 18.9. The van der Waals surface area contributed by atoms with E-state index in [1.807, 2.05) is 0 Å². The van der Waals surface area contributed by atoms with Crippen molar-refractivity contribution in [1.82, 2.24) is 19.1 Å². The Labute approximate surface area is 149 Å². The van der Waals surface area contributed by atoms with Crippen molar-refractivity contribution in [2.24, 2.45) is 0 Å². The summed E-state index contributed by atoms with van der Waals surface area (Å²) in [6, 6.07) is 3.90. The fourth-order valence-corrected chi connectivity index (χ4v) is 5.00. The number of benzene rings is 1. The number of alkyl halides is 2. The topological polar surface area (TPSA) is 102 Å². The highest BCUT2D eigenvalue weighted by molar-refractivity contribution is 7.91. The van der Waals surface area contributed by atoms with Gasteiger partial charge in [0.15, 0.2) is 0 Å². The molecule has 1 saturated heterocycles. The number of sulfonamides is 1. The number of piperidine rings is 1. The van der Waals surface area contributed by atoms with Crippen LogP contribution in [0.2, 0.25) is 0 Å². The molecule has 0 spiro atoms. The third-order valence-electron chi connectivity index (χ3n) is 4.26. The average molecular weight is 406 g/mol. The molecule has 0 bridgehead atoms. The van der Waals surface area contributed by atoms with Crippen LogP contribution in [-0.4, -0.2) is 54.8 Å². The van der Waals surface area contributed by atoms with Gasteiger partial charge in [0, 0.05) is 13.1 Å². The van der Waals surface area contributed by atoms with Crippen LogP contribution in [0, 0.1) is 0 Å². The highest BCUT2D eigenvalue weighted by Gasteiger charge is 2.31. The standard InChI is InChI=1S/C14H16F2N4O4S2/c15-14(16)25(21,22)12-1-3-13(4-2-12)26(23,24)19-7-5-11(6-8-19)20-10-17-9-18-20/h1-4,9-11,14H,5-8H2. The summed E-state index contributed by atoms with van der Waals surface area (Å²) in [5, 5.41) is 4.05. The molecule has 1 aromatic carbocycles. The predicted molar refractivity (Wildman–Crippen MR) is 86.7 cm³/mol. The first kappa shape index (κ1) is 18.9. The fraction of sp³-hybridized carbons (Fsp3) is 0.429. The van der Waals surface area contributed by atoms with E-state index in [1.54, 1.807) is 11.0 Å². The summed E-state index contributed by atoms with van der Waals surface area (Å²) in [6.07, 6.45) is 4.11. The maximum Gasteiger partial charge on any atom is 0.341 e. The minimum Gasteiger partial charge on any atom is -0.250 e. The fourth-order valence-electron chi connectivity index (χ4n) is 2.81. The van der Waals surface area contributed by atoms with Crippen molar-refractivity contribution in [3.8, 4) is 0 Å². The van der Waals surface area contributed by atoms with Crippen LogP contribution in [0.25, 0.3) is 0 Å². The Hall–Kier alpha value is -1.92. The van der Waals surface area contributed by atoms with Crippen molar-refractivity contribution >= 4 is 19.9 Å². The average Bonchev–Trinajstić information content (AvgIpc) is 3.16. The Morgan fingerprint density at radius 2 is 1.58 bits per heavy atom. The molecule has 2 aromatic rings. The molecule has 0 amide bonds. The number of nitrogens with zero attached hydrogens (tertiary/aromatic N) is 4. The van der Waals surface area contributed by atoms with Crippen molar-refractivity contribution in [3.63, 3.8) is 0 Å². The molecule has 0 unspecified atom stereocenters. The van der Waals surface area contributed by atoms with E-state index in [0.29, 0.717) is 12.8 Å². The van der Waals surface area contributed by atoms with Gasteiger partial charge in [0.1, 0.15) is 12.7 Å². The number of rotatable bonds is 5. The second-order valence-corrected chi connectivity index (χ2v) is 9.64. The zero-order valence-electron chi connectivity index (χ0n) is 13.4. The van der Waals surface area contributed by atoms with Gasteiger partial charge in [0.2, 0.25) is 19.9 Å². The first-order chi connectivity index (χ1) is 12.2. The summed E-state index contributed by atoms with van der Waals surface area (Å²) in [5.41, 5.74) is 0. The molecule has 12 heteroatoms.